The van der Waals surface area contributed by atoms with Gasteiger partial charge >= 0.3 is 0 Å². The lowest BCUT2D eigenvalue weighted by Crippen LogP contribution is -2.44. The Labute approximate surface area is 193 Å². The number of amidine groups is 1. The molecule has 0 aliphatic carbocycles. The van der Waals surface area contributed by atoms with E-state index in [9.17, 15) is 14.0 Å². The quantitative estimate of drug-likeness (QED) is 0.548. The molecule has 2 aromatic carbocycles. The minimum absolute atomic E-state index is 0.0411. The molecule has 6 nitrogen and oxygen atoms in total. The number of thioether (sulfide) groups is 1. The molecule has 0 bridgehead atoms. The third kappa shape index (κ3) is 5.17. The maximum Gasteiger partial charge on any atom is 0.238 e. The highest BCUT2D eigenvalue weighted by Crippen LogP contribution is 2.32. The Kier molecular flexibility index (Phi) is 6.87. The van der Waals surface area contributed by atoms with E-state index in [1.54, 1.807) is 34.4 Å². The van der Waals surface area contributed by atoms with Gasteiger partial charge in [0.1, 0.15) is 16.8 Å². The van der Waals surface area contributed by atoms with Gasteiger partial charge in [-0.15, -0.1) is 11.3 Å². The summed E-state index contributed by atoms with van der Waals surface area (Å²) in [5, 5.41) is 4.53. The van der Waals surface area contributed by atoms with Crippen molar-refractivity contribution in [1.82, 2.24) is 4.90 Å². The summed E-state index contributed by atoms with van der Waals surface area (Å²) < 4.78 is 18.6. The second-order valence-corrected chi connectivity index (χ2v) is 9.13. The van der Waals surface area contributed by atoms with Gasteiger partial charge in [-0.25, -0.2) is 9.38 Å². The van der Waals surface area contributed by atoms with E-state index >= 15 is 0 Å². The molecule has 0 spiro atoms. The van der Waals surface area contributed by atoms with Crippen LogP contribution in [-0.4, -0.2) is 34.2 Å². The molecule has 3 aromatic rings. The van der Waals surface area contributed by atoms with E-state index in [0.29, 0.717) is 28.8 Å². The maximum absolute atomic E-state index is 13.3. The van der Waals surface area contributed by atoms with Crippen LogP contribution in [0.4, 0.5) is 15.8 Å². The highest BCUT2D eigenvalue weighted by atomic mass is 32.2. The van der Waals surface area contributed by atoms with E-state index in [2.05, 4.69) is 10.3 Å². The monoisotopic (exact) mass is 469 g/mol. The van der Waals surface area contributed by atoms with Crippen molar-refractivity contribution in [2.75, 3.05) is 12.4 Å². The zero-order valence-electron chi connectivity index (χ0n) is 17.2. The average Bonchev–Trinajstić information content (AvgIpc) is 3.31. The van der Waals surface area contributed by atoms with Crippen LogP contribution in [0.5, 0.6) is 5.75 Å². The SMILES string of the molecule is COc1ccccc1NC(=O)C1CC(=O)N(Cc2cccs2)C(=Nc2ccc(F)cc2)S1. The summed E-state index contributed by atoms with van der Waals surface area (Å²) in [5.74, 6) is -0.341. The summed E-state index contributed by atoms with van der Waals surface area (Å²) in [6, 6.07) is 16.6. The number of halogens is 1. The number of hydrogen-bond acceptors (Lipinski definition) is 6. The molecule has 2 heterocycles. The van der Waals surface area contributed by atoms with E-state index in [0.717, 1.165) is 4.88 Å². The predicted molar refractivity (Wildman–Crippen MR) is 126 cm³/mol. The van der Waals surface area contributed by atoms with Gasteiger partial charge < -0.3 is 10.1 Å². The Hall–Kier alpha value is -3.17. The van der Waals surface area contributed by atoms with Crippen LogP contribution < -0.4 is 10.1 Å². The largest absolute Gasteiger partial charge is 0.495 e. The van der Waals surface area contributed by atoms with Crippen molar-refractivity contribution in [2.45, 2.75) is 18.2 Å². The molecule has 164 valence electrons. The normalized spacial score (nSPS) is 17.4. The summed E-state index contributed by atoms with van der Waals surface area (Å²) in [6.07, 6.45) is 0.0411. The molecule has 1 fully saturated rings. The minimum atomic E-state index is -0.661. The first-order valence-corrected chi connectivity index (χ1v) is 11.6. The molecule has 4 rings (SSSR count). The molecule has 0 saturated carbocycles. The number of methoxy groups -OCH3 is 1. The molecular weight excluding hydrogens is 449 g/mol. The van der Waals surface area contributed by atoms with Crippen molar-refractivity contribution < 1.29 is 18.7 Å². The lowest BCUT2D eigenvalue weighted by molar-refractivity contribution is -0.129. The minimum Gasteiger partial charge on any atom is -0.495 e. The fourth-order valence-electron chi connectivity index (χ4n) is 3.14. The lowest BCUT2D eigenvalue weighted by atomic mass is 10.2. The van der Waals surface area contributed by atoms with Gasteiger partial charge in [-0.05, 0) is 47.8 Å². The van der Waals surface area contributed by atoms with Crippen molar-refractivity contribution in [3.8, 4) is 5.75 Å². The molecule has 1 saturated heterocycles. The summed E-state index contributed by atoms with van der Waals surface area (Å²) in [7, 11) is 1.53. The highest BCUT2D eigenvalue weighted by molar-refractivity contribution is 8.15. The number of ether oxygens (including phenoxy) is 1. The molecular formula is C23H20FN3O3S2. The van der Waals surface area contributed by atoms with Crippen LogP contribution in [0.2, 0.25) is 0 Å². The molecule has 1 unspecified atom stereocenters. The van der Waals surface area contributed by atoms with Gasteiger partial charge in [-0.3, -0.25) is 14.5 Å². The Morgan fingerprint density at radius 1 is 1.19 bits per heavy atom. The molecule has 1 atom stereocenters. The smallest absolute Gasteiger partial charge is 0.238 e. The van der Waals surface area contributed by atoms with Gasteiger partial charge in [0.2, 0.25) is 11.8 Å². The predicted octanol–water partition coefficient (Wildman–Crippen LogP) is 5.06. The number of para-hydroxylation sites is 2. The second-order valence-electron chi connectivity index (χ2n) is 6.93. The number of aliphatic imine (C=N–C) groups is 1. The van der Waals surface area contributed by atoms with Crippen LogP contribution in [0.25, 0.3) is 0 Å². The molecule has 9 heteroatoms. The van der Waals surface area contributed by atoms with Crippen LogP contribution in [-0.2, 0) is 16.1 Å². The molecule has 1 aliphatic rings. The Balaban J connectivity index is 1.59. The standard InChI is InChI=1S/C23H20FN3O3S2/c1-30-19-7-3-2-6-18(19)26-22(29)20-13-21(28)27(14-17-5-4-12-31-17)23(32-20)25-16-10-8-15(24)9-11-16/h2-12,20H,13-14H2,1H3,(H,26,29). The number of nitrogens with one attached hydrogen (secondary N) is 1. The van der Waals surface area contributed by atoms with E-state index in [1.165, 1.54) is 43.1 Å². The van der Waals surface area contributed by atoms with Crippen molar-refractivity contribution in [3.63, 3.8) is 0 Å². The van der Waals surface area contributed by atoms with Gasteiger partial charge in [0, 0.05) is 11.3 Å². The summed E-state index contributed by atoms with van der Waals surface area (Å²) >= 11 is 2.76. The number of anilines is 1. The first-order chi connectivity index (χ1) is 15.5. The fourth-order valence-corrected chi connectivity index (χ4v) is 4.93. The Morgan fingerprint density at radius 3 is 2.69 bits per heavy atom. The van der Waals surface area contributed by atoms with Crippen molar-refractivity contribution in [2.24, 2.45) is 4.99 Å². The molecule has 1 aliphatic heterocycles. The fraction of sp³-hybridized carbons (Fsp3) is 0.174. The molecule has 2 amide bonds. The zero-order valence-corrected chi connectivity index (χ0v) is 18.8. The first-order valence-electron chi connectivity index (χ1n) is 9.81. The molecule has 1 N–H and O–H groups in total. The van der Waals surface area contributed by atoms with E-state index in [1.807, 2.05) is 23.6 Å². The zero-order chi connectivity index (χ0) is 22.5. The summed E-state index contributed by atoms with van der Waals surface area (Å²) in [5.41, 5.74) is 1.04. The maximum atomic E-state index is 13.3. The van der Waals surface area contributed by atoms with Crippen LogP contribution in [0.15, 0.2) is 71.0 Å². The Morgan fingerprint density at radius 2 is 1.97 bits per heavy atom. The third-order valence-electron chi connectivity index (χ3n) is 4.74. The van der Waals surface area contributed by atoms with Crippen molar-refractivity contribution in [3.05, 3.63) is 76.7 Å². The van der Waals surface area contributed by atoms with E-state index in [-0.39, 0.29) is 24.1 Å². The average molecular weight is 470 g/mol. The first kappa shape index (κ1) is 22.0. The van der Waals surface area contributed by atoms with E-state index in [4.69, 9.17) is 4.74 Å². The van der Waals surface area contributed by atoms with Gasteiger partial charge in [0.15, 0.2) is 5.17 Å². The van der Waals surface area contributed by atoms with Crippen LogP contribution >= 0.6 is 23.1 Å². The second kappa shape index (κ2) is 9.97. The number of carbonyl (C=O) groups is 2. The molecule has 1 aromatic heterocycles. The van der Waals surface area contributed by atoms with Crippen molar-refractivity contribution >= 4 is 51.5 Å². The number of amides is 2. The summed E-state index contributed by atoms with van der Waals surface area (Å²) in [6.45, 7) is 0.365. The van der Waals surface area contributed by atoms with Crippen LogP contribution in [0, 0.1) is 5.82 Å². The number of thiophene rings is 1. The number of nitrogens with zero attached hydrogens (tertiary/aromatic N) is 2. The number of carbonyl (C=O) groups excluding carboxylic acids is 2. The Bertz CT molecular complexity index is 1130. The van der Waals surface area contributed by atoms with Crippen LogP contribution in [0.3, 0.4) is 0 Å². The van der Waals surface area contributed by atoms with E-state index < -0.39 is 5.25 Å². The molecule has 0 radical (unpaired) electrons. The van der Waals surface area contributed by atoms with Crippen molar-refractivity contribution in [1.29, 1.82) is 0 Å². The third-order valence-corrected chi connectivity index (χ3v) is 6.79. The number of hydrogen-bond donors (Lipinski definition) is 1. The highest BCUT2D eigenvalue weighted by Gasteiger charge is 2.36. The topological polar surface area (TPSA) is 71.0 Å². The van der Waals surface area contributed by atoms with Crippen LogP contribution in [0.1, 0.15) is 11.3 Å². The van der Waals surface area contributed by atoms with Gasteiger partial charge in [0.25, 0.3) is 0 Å². The van der Waals surface area contributed by atoms with Gasteiger partial charge in [-0.2, -0.15) is 0 Å². The summed E-state index contributed by atoms with van der Waals surface area (Å²) in [4.78, 5) is 33.2. The molecule has 32 heavy (non-hydrogen) atoms. The van der Waals surface area contributed by atoms with Gasteiger partial charge in [0.05, 0.1) is 25.0 Å². The number of rotatable bonds is 6. The number of benzene rings is 2. The lowest BCUT2D eigenvalue weighted by Gasteiger charge is -2.31. The van der Waals surface area contributed by atoms with Gasteiger partial charge in [-0.1, -0.05) is 30.0 Å².